The number of carbonyl (C=O) groups excluding carboxylic acids is 8. The number of hydrogen-bond donors (Lipinski definition) is 0. The van der Waals surface area contributed by atoms with Crippen LogP contribution in [0.25, 0.3) is 0 Å². The summed E-state index contributed by atoms with van der Waals surface area (Å²) in [5.41, 5.74) is -12.6. The summed E-state index contributed by atoms with van der Waals surface area (Å²) in [6.45, 7) is 19.9. The van der Waals surface area contributed by atoms with Gasteiger partial charge < -0.3 is 61.0 Å². The van der Waals surface area contributed by atoms with Gasteiger partial charge in [-0.15, -0.1) is 0 Å². The Balaban J connectivity index is -0.000000122. The van der Waals surface area contributed by atoms with E-state index in [2.05, 4.69) is 28.4 Å². The van der Waals surface area contributed by atoms with Crippen molar-refractivity contribution in [3.63, 3.8) is 0 Å². The summed E-state index contributed by atoms with van der Waals surface area (Å²) in [6.07, 6.45) is 0. The van der Waals surface area contributed by atoms with Crippen molar-refractivity contribution >= 4 is 83.1 Å². The largest absolute Gasteiger partial charge is 1.00 e. The molecule has 0 radical (unpaired) electrons. The second-order valence-electron chi connectivity index (χ2n) is 13.3. The fourth-order valence-corrected chi connectivity index (χ4v) is 10.5. The van der Waals surface area contributed by atoms with Crippen molar-refractivity contribution in [2.24, 2.45) is 10.8 Å². The van der Waals surface area contributed by atoms with Crippen molar-refractivity contribution in [3.05, 3.63) is 0 Å². The van der Waals surface area contributed by atoms with Crippen molar-refractivity contribution in [2.45, 2.75) is 88.9 Å². The van der Waals surface area contributed by atoms with E-state index in [-0.39, 0.29) is 83.0 Å². The number of hydrogen-bond acceptors (Lipinski definition) is 22. The van der Waals surface area contributed by atoms with Crippen molar-refractivity contribution < 1.29 is 161 Å². The molecule has 0 aromatic heterocycles. The Morgan fingerprint density at radius 1 is 0.458 bits per heavy atom. The first kappa shape index (κ1) is 72.4. The molecule has 0 aliphatic carbocycles. The van der Waals surface area contributed by atoms with Crippen LogP contribution in [0.4, 0.5) is 28.8 Å². The van der Waals surface area contributed by atoms with E-state index in [4.69, 9.17) is 4.21 Å². The molecule has 0 fully saturated rings. The van der Waals surface area contributed by atoms with Gasteiger partial charge in [-0.1, -0.05) is 41.5 Å². The van der Waals surface area contributed by atoms with Crippen LogP contribution in [-0.4, -0.2) is 94.3 Å². The molecule has 0 aliphatic heterocycles. The van der Waals surface area contributed by atoms with Crippen LogP contribution in [-0.2, 0) is 60.5 Å². The number of carbonyl (C=O) groups is 8. The molecule has 0 rings (SSSR count). The van der Waals surface area contributed by atoms with Crippen LogP contribution in [0.1, 0.15) is 69.2 Å². The minimum atomic E-state index is -4.88. The van der Waals surface area contributed by atoms with Crippen LogP contribution < -0.4 is 71.3 Å². The van der Waals surface area contributed by atoms with Crippen molar-refractivity contribution in [1.29, 1.82) is 0 Å². The first-order valence-corrected chi connectivity index (χ1v) is 26.0. The molecule has 0 saturated heterocycles. The van der Waals surface area contributed by atoms with Gasteiger partial charge in [0.1, 0.15) is 7.37 Å². The Hall–Kier alpha value is -1.07. The van der Waals surface area contributed by atoms with Gasteiger partial charge in [0.25, 0.3) is 0 Å². The summed E-state index contributed by atoms with van der Waals surface area (Å²) in [4.78, 5) is 121. The van der Waals surface area contributed by atoms with Crippen LogP contribution in [0, 0.1) is 10.8 Å². The quantitative estimate of drug-likeness (QED) is 0.0972. The zero-order valence-corrected chi connectivity index (χ0v) is 41.7. The van der Waals surface area contributed by atoms with Gasteiger partial charge in [-0.05, 0) is 47.3 Å². The topological polar surface area (TPSA) is 339 Å². The van der Waals surface area contributed by atoms with Gasteiger partial charge in [-0.25, -0.2) is 28.8 Å². The molecule has 0 N–H and O–H groups in total. The maximum Gasteiger partial charge on any atom is 1.00 e. The molecular formula is C29H53Li3O22P4Si. The Labute approximate surface area is 381 Å². The van der Waals surface area contributed by atoms with Crippen LogP contribution >= 0.6 is 29.5 Å². The van der Waals surface area contributed by atoms with Crippen LogP contribution in [0.2, 0.25) is 19.6 Å². The Morgan fingerprint density at radius 3 is 0.864 bits per heavy atom. The van der Waals surface area contributed by atoms with Crippen molar-refractivity contribution in [2.75, 3.05) is 40.6 Å². The molecule has 0 bridgehead atoms. The second kappa shape index (κ2) is 30.9. The molecule has 0 saturated carbocycles. The molecule has 59 heavy (non-hydrogen) atoms. The monoisotopic (exact) mass is 926 g/mol. The Kier molecular flexibility index (Phi) is 37.9. The molecule has 0 unspecified atom stereocenters. The van der Waals surface area contributed by atoms with Gasteiger partial charge in [-0.3, -0.25) is 14.2 Å². The zero-order chi connectivity index (χ0) is 45.9. The summed E-state index contributed by atoms with van der Waals surface area (Å²) < 4.78 is 75.8. The maximum absolute atomic E-state index is 12.3. The standard InChI is InChI=1S/C10H19O4P.C9H19O6PSi.C6H11O6P.C4H7O6P.3Li/c1-9(2,3)7(11)15(13,14)8(12)10(4,5)6;1-6-13-8(10)16(12,9(11)14-7-2)15-17(3,4)5;1-3-11-5(7)13(9,10)6(8)12-4-2;1-9-3(5)11(7,8)4(6)10-2;;;/h1-6H3,(H,13,14);6-7H2,1-5H3;3-4H2,1-2H3,(H,9,10);1-2H3,(H,7,8);;;/q;;;;3*+1/p-3. The molecule has 0 atom stereocenters. The van der Waals surface area contributed by atoms with E-state index in [1.165, 1.54) is 55.4 Å². The van der Waals surface area contributed by atoms with Gasteiger partial charge in [0, 0.05) is 10.8 Å². The Morgan fingerprint density at radius 2 is 0.678 bits per heavy atom. The fraction of sp³-hybridized carbons (Fsp3) is 0.724. The normalized spacial score (nSPS) is 11.3. The third-order valence-corrected chi connectivity index (χ3v) is 14.5. The minimum Gasteiger partial charge on any atom is -0.789 e. The fourth-order valence-electron chi connectivity index (χ4n) is 2.73. The van der Waals surface area contributed by atoms with Gasteiger partial charge in [-0.2, -0.15) is 0 Å². The van der Waals surface area contributed by atoms with E-state index in [0.717, 1.165) is 14.2 Å². The third-order valence-electron chi connectivity index (χ3n) is 5.08. The number of methoxy groups -OCH3 is 2. The molecular weight excluding hydrogens is 873 g/mol. The van der Waals surface area contributed by atoms with E-state index in [0.29, 0.717) is 0 Å². The predicted octanol–water partition coefficient (Wildman–Crippen LogP) is -2.69. The maximum atomic E-state index is 12.3. The first-order valence-electron chi connectivity index (χ1n) is 16.1. The first-order chi connectivity index (χ1) is 24.9. The van der Waals surface area contributed by atoms with E-state index < -0.39 is 93.9 Å². The van der Waals surface area contributed by atoms with E-state index in [9.17, 15) is 71.3 Å². The van der Waals surface area contributed by atoms with Gasteiger partial charge in [0.2, 0.25) is 14.7 Å². The molecule has 0 aromatic rings. The second-order valence-corrected chi connectivity index (χ2v) is 25.6. The molecule has 30 heteroatoms. The number of ether oxygens (including phenoxy) is 6. The van der Waals surface area contributed by atoms with Crippen molar-refractivity contribution in [1.82, 2.24) is 0 Å². The van der Waals surface area contributed by atoms with Gasteiger partial charge in [0.15, 0.2) is 19.4 Å². The smallest absolute Gasteiger partial charge is 0.789 e. The molecule has 0 spiro atoms. The summed E-state index contributed by atoms with van der Waals surface area (Å²) in [5.74, 6) is 0. The summed E-state index contributed by atoms with van der Waals surface area (Å²) >= 11 is 0. The van der Waals surface area contributed by atoms with Crippen LogP contribution in [0.3, 0.4) is 0 Å². The van der Waals surface area contributed by atoms with E-state index in [1.807, 2.05) is 0 Å². The van der Waals surface area contributed by atoms with Gasteiger partial charge in [0.05, 0.1) is 40.6 Å². The number of rotatable bonds is 14. The molecule has 22 nitrogen and oxygen atoms in total. The Bertz CT molecular complexity index is 1520. The molecule has 0 heterocycles. The molecule has 328 valence electrons. The van der Waals surface area contributed by atoms with Crippen LogP contribution in [0.5, 0.6) is 0 Å². The predicted molar refractivity (Wildman–Crippen MR) is 197 cm³/mol. The SMILES string of the molecule is CC(C)(C)C(=O)P(=O)([O-])C(=O)C(C)(C)C.CCOC(=O)P(=O)(O[Si](C)(C)C)C(=O)OCC.CCOC(=O)P(=O)([O-])C(=O)OCC.COC(=O)P(=O)([O-])C(=O)OC.[Li+].[Li+].[Li+]. The van der Waals surface area contributed by atoms with Crippen LogP contribution in [0.15, 0.2) is 0 Å². The van der Waals surface area contributed by atoms with E-state index in [1.54, 1.807) is 33.5 Å². The molecule has 0 aromatic carbocycles. The molecule has 0 amide bonds. The van der Waals surface area contributed by atoms with Gasteiger partial charge >= 0.3 is 98.2 Å². The molecule has 0 aliphatic rings. The average molecular weight is 927 g/mol. The average Bonchev–Trinajstić information content (AvgIpc) is 3.06. The summed E-state index contributed by atoms with van der Waals surface area (Å²) in [7, 11) is -19.2. The van der Waals surface area contributed by atoms with E-state index >= 15 is 0 Å². The minimum absolute atomic E-state index is 0. The summed E-state index contributed by atoms with van der Waals surface area (Å²) in [6, 6.07) is 0. The summed E-state index contributed by atoms with van der Waals surface area (Å²) in [5, 5.41) is 0. The third kappa shape index (κ3) is 26.2. The zero-order valence-electron chi connectivity index (χ0n) is 37.1. The van der Waals surface area contributed by atoms with Crippen molar-refractivity contribution in [3.8, 4) is 0 Å².